The number of hydrogen-bond donors (Lipinski definition) is 1. The molecule has 0 amide bonds. The van der Waals surface area contributed by atoms with E-state index in [2.05, 4.69) is 15.7 Å². The molecule has 0 bridgehead atoms. The Labute approximate surface area is 127 Å². The van der Waals surface area contributed by atoms with Crippen LogP contribution in [0, 0.1) is 23.0 Å². The lowest BCUT2D eigenvalue weighted by Crippen LogP contribution is -2.22. The van der Waals surface area contributed by atoms with Gasteiger partial charge in [0.05, 0.1) is 11.0 Å². The van der Waals surface area contributed by atoms with Crippen molar-refractivity contribution in [2.45, 2.75) is 32.4 Å². The first-order valence-electron chi connectivity index (χ1n) is 7.02. The van der Waals surface area contributed by atoms with E-state index in [9.17, 15) is 10.1 Å². The lowest BCUT2D eigenvalue weighted by Gasteiger charge is -2.15. The Bertz CT molecular complexity index is 635. The topological polar surface area (TPSA) is 68.1 Å². The third-order valence-corrected chi connectivity index (χ3v) is 4.72. The van der Waals surface area contributed by atoms with Crippen molar-refractivity contribution in [3.63, 3.8) is 0 Å². The highest BCUT2D eigenvalue weighted by atomic mass is 32.1. The normalized spacial score (nSPS) is 15.9. The molecule has 1 aromatic carbocycles. The number of nitrogens with one attached hydrogen (secondary N) is 1. The number of thiazole rings is 1. The Kier molecular flexibility index (Phi) is 3.98. The van der Waals surface area contributed by atoms with E-state index in [0.29, 0.717) is 18.5 Å². The van der Waals surface area contributed by atoms with Crippen LogP contribution in [0.5, 0.6) is 0 Å². The third-order valence-electron chi connectivity index (χ3n) is 3.67. The standard InChI is InChI=1S/C15H17N3O2S/c1-10-9-21-15(17-10)14(12-4-5-12)16-8-11-2-6-13(7-3-11)18(19)20/h2-3,6-7,9,12,14,16H,4-5,8H2,1H3/t14-/m1/s1. The summed E-state index contributed by atoms with van der Waals surface area (Å²) in [7, 11) is 0. The van der Waals surface area contributed by atoms with Crippen molar-refractivity contribution in [3.8, 4) is 0 Å². The van der Waals surface area contributed by atoms with E-state index in [1.165, 1.54) is 12.8 Å². The molecule has 0 saturated heterocycles. The second-order valence-corrected chi connectivity index (χ2v) is 6.34. The molecule has 0 radical (unpaired) electrons. The zero-order chi connectivity index (χ0) is 14.8. The zero-order valence-electron chi connectivity index (χ0n) is 11.8. The molecule has 6 heteroatoms. The van der Waals surface area contributed by atoms with Gasteiger partial charge < -0.3 is 5.32 Å². The molecule has 1 aliphatic carbocycles. The van der Waals surface area contributed by atoms with Gasteiger partial charge >= 0.3 is 0 Å². The van der Waals surface area contributed by atoms with E-state index in [-0.39, 0.29) is 10.6 Å². The highest BCUT2D eigenvalue weighted by Gasteiger charge is 2.33. The molecule has 1 aromatic heterocycles. The maximum atomic E-state index is 10.6. The first-order chi connectivity index (χ1) is 10.1. The Morgan fingerprint density at radius 3 is 2.67 bits per heavy atom. The Morgan fingerprint density at radius 1 is 1.43 bits per heavy atom. The lowest BCUT2D eigenvalue weighted by molar-refractivity contribution is -0.384. The molecule has 1 heterocycles. The first-order valence-corrected chi connectivity index (χ1v) is 7.90. The van der Waals surface area contributed by atoms with E-state index < -0.39 is 0 Å². The average molecular weight is 303 g/mol. The van der Waals surface area contributed by atoms with Gasteiger partial charge in [-0.15, -0.1) is 11.3 Å². The van der Waals surface area contributed by atoms with Crippen molar-refractivity contribution < 1.29 is 4.92 Å². The van der Waals surface area contributed by atoms with Crippen LogP contribution in [0.25, 0.3) is 0 Å². The molecule has 0 aliphatic heterocycles. The van der Waals surface area contributed by atoms with Crippen LogP contribution in [0.15, 0.2) is 29.6 Å². The van der Waals surface area contributed by atoms with Gasteiger partial charge in [0.1, 0.15) is 5.01 Å². The van der Waals surface area contributed by atoms with Gasteiger partial charge in [0.2, 0.25) is 0 Å². The highest BCUT2D eigenvalue weighted by Crippen LogP contribution is 2.42. The van der Waals surface area contributed by atoms with Crippen LogP contribution in [-0.4, -0.2) is 9.91 Å². The van der Waals surface area contributed by atoms with Crippen molar-refractivity contribution in [2.75, 3.05) is 0 Å². The molecule has 1 atom stereocenters. The van der Waals surface area contributed by atoms with Gasteiger partial charge in [-0.2, -0.15) is 0 Å². The van der Waals surface area contributed by atoms with E-state index in [0.717, 1.165) is 16.3 Å². The van der Waals surface area contributed by atoms with Crippen LogP contribution in [0.2, 0.25) is 0 Å². The Balaban J connectivity index is 1.65. The minimum absolute atomic E-state index is 0.132. The molecule has 3 rings (SSSR count). The predicted molar refractivity (Wildman–Crippen MR) is 82.3 cm³/mol. The van der Waals surface area contributed by atoms with Crippen LogP contribution in [0.4, 0.5) is 5.69 Å². The minimum Gasteiger partial charge on any atom is -0.304 e. The number of rotatable bonds is 6. The average Bonchev–Trinajstić information content (AvgIpc) is 3.22. The molecule has 21 heavy (non-hydrogen) atoms. The summed E-state index contributed by atoms with van der Waals surface area (Å²) in [5.41, 5.74) is 2.25. The smallest absolute Gasteiger partial charge is 0.269 e. The lowest BCUT2D eigenvalue weighted by atomic mass is 10.1. The summed E-state index contributed by atoms with van der Waals surface area (Å²) in [6, 6.07) is 7.02. The maximum Gasteiger partial charge on any atom is 0.269 e. The molecule has 5 nitrogen and oxygen atoms in total. The van der Waals surface area contributed by atoms with Gasteiger partial charge in [0.25, 0.3) is 5.69 Å². The summed E-state index contributed by atoms with van der Waals surface area (Å²) in [5.74, 6) is 0.675. The van der Waals surface area contributed by atoms with E-state index in [1.807, 2.05) is 19.1 Å². The minimum atomic E-state index is -0.372. The summed E-state index contributed by atoms with van der Waals surface area (Å²) < 4.78 is 0. The van der Waals surface area contributed by atoms with Crippen LogP contribution in [-0.2, 0) is 6.54 Å². The van der Waals surface area contributed by atoms with Gasteiger partial charge in [-0.25, -0.2) is 4.98 Å². The SMILES string of the molecule is Cc1csc([C@H](NCc2ccc([N+](=O)[O-])cc2)C2CC2)n1. The van der Waals surface area contributed by atoms with E-state index in [4.69, 9.17) is 0 Å². The number of benzene rings is 1. The predicted octanol–water partition coefficient (Wildman–Crippen LogP) is 3.60. The van der Waals surface area contributed by atoms with Crippen molar-refractivity contribution in [2.24, 2.45) is 5.92 Å². The molecule has 110 valence electrons. The molecule has 2 aromatic rings. The highest BCUT2D eigenvalue weighted by molar-refractivity contribution is 7.09. The molecule has 0 unspecified atom stereocenters. The monoisotopic (exact) mass is 303 g/mol. The maximum absolute atomic E-state index is 10.6. The second kappa shape index (κ2) is 5.91. The molecule has 0 spiro atoms. The van der Waals surface area contributed by atoms with Gasteiger partial charge in [-0.1, -0.05) is 12.1 Å². The number of non-ortho nitro benzene ring substituents is 1. The van der Waals surface area contributed by atoms with Crippen molar-refractivity contribution in [1.29, 1.82) is 0 Å². The van der Waals surface area contributed by atoms with Crippen LogP contribution in [0.3, 0.4) is 0 Å². The van der Waals surface area contributed by atoms with Crippen LogP contribution in [0.1, 0.15) is 35.1 Å². The van der Waals surface area contributed by atoms with Crippen molar-refractivity contribution >= 4 is 17.0 Å². The summed E-state index contributed by atoms with van der Waals surface area (Å²) in [4.78, 5) is 14.9. The molecular weight excluding hydrogens is 286 g/mol. The Hall–Kier alpha value is -1.79. The van der Waals surface area contributed by atoms with Gasteiger partial charge in [-0.05, 0) is 31.2 Å². The number of nitrogens with zero attached hydrogens (tertiary/aromatic N) is 2. The molecule has 1 fully saturated rings. The van der Waals surface area contributed by atoms with Gasteiger partial charge in [-0.3, -0.25) is 10.1 Å². The van der Waals surface area contributed by atoms with E-state index in [1.54, 1.807) is 23.5 Å². The molecule has 1 aliphatic rings. The van der Waals surface area contributed by atoms with Crippen LogP contribution >= 0.6 is 11.3 Å². The fraction of sp³-hybridized carbons (Fsp3) is 0.400. The fourth-order valence-corrected chi connectivity index (χ4v) is 3.33. The van der Waals surface area contributed by atoms with Crippen molar-refractivity contribution in [1.82, 2.24) is 10.3 Å². The van der Waals surface area contributed by atoms with Gasteiger partial charge in [0.15, 0.2) is 0 Å². The summed E-state index contributed by atoms with van der Waals surface area (Å²) in [6.07, 6.45) is 2.49. The Morgan fingerprint density at radius 2 is 2.14 bits per heavy atom. The number of nitro benzene ring substituents is 1. The summed E-state index contributed by atoms with van der Waals surface area (Å²) in [5, 5.41) is 17.4. The number of aromatic nitrogens is 1. The largest absolute Gasteiger partial charge is 0.304 e. The van der Waals surface area contributed by atoms with E-state index >= 15 is 0 Å². The number of aryl methyl sites for hydroxylation is 1. The van der Waals surface area contributed by atoms with Crippen LogP contribution < -0.4 is 5.32 Å². The third kappa shape index (κ3) is 3.46. The molecule has 1 N–H and O–H groups in total. The molecule has 1 saturated carbocycles. The second-order valence-electron chi connectivity index (χ2n) is 5.45. The quantitative estimate of drug-likeness (QED) is 0.654. The molecular formula is C15H17N3O2S. The van der Waals surface area contributed by atoms with Gasteiger partial charge in [0, 0.05) is 29.8 Å². The summed E-state index contributed by atoms with van der Waals surface area (Å²) in [6.45, 7) is 2.72. The summed E-state index contributed by atoms with van der Waals surface area (Å²) >= 11 is 1.70. The first kappa shape index (κ1) is 14.2. The number of hydrogen-bond acceptors (Lipinski definition) is 5. The number of nitro groups is 1. The van der Waals surface area contributed by atoms with Crippen molar-refractivity contribution in [3.05, 3.63) is 56.0 Å². The zero-order valence-corrected chi connectivity index (χ0v) is 12.6. The fourth-order valence-electron chi connectivity index (χ4n) is 2.36.